The van der Waals surface area contributed by atoms with Gasteiger partial charge in [0.1, 0.15) is 5.75 Å². The highest BCUT2D eigenvalue weighted by Gasteiger charge is 2.31. The van der Waals surface area contributed by atoms with Gasteiger partial charge in [-0.3, -0.25) is 9.69 Å². The van der Waals surface area contributed by atoms with Gasteiger partial charge in [0, 0.05) is 24.5 Å². The summed E-state index contributed by atoms with van der Waals surface area (Å²) >= 11 is 0. The maximum absolute atomic E-state index is 13.2. The van der Waals surface area contributed by atoms with Crippen molar-refractivity contribution in [1.29, 1.82) is 0 Å². The largest absolute Gasteiger partial charge is 0.484 e. The monoisotopic (exact) mass is 471 g/mol. The average molecular weight is 471 g/mol. The first-order valence-corrected chi connectivity index (χ1v) is 10.5. The maximum atomic E-state index is 13.2. The van der Waals surface area contributed by atoms with Gasteiger partial charge in [-0.1, -0.05) is 36.4 Å². The molecule has 0 aliphatic rings. The lowest BCUT2D eigenvalue weighted by molar-refractivity contribution is -0.137. The first-order valence-electron chi connectivity index (χ1n) is 10.5. The fourth-order valence-electron chi connectivity index (χ4n) is 3.14. The molecular formula is C25H24F3N3O3. The van der Waals surface area contributed by atoms with Crippen molar-refractivity contribution < 1.29 is 27.5 Å². The fourth-order valence-corrected chi connectivity index (χ4v) is 3.14. The van der Waals surface area contributed by atoms with E-state index in [1.54, 1.807) is 42.5 Å². The number of carbonyl (C=O) groups is 2. The summed E-state index contributed by atoms with van der Waals surface area (Å²) in [7, 11) is 0. The zero-order valence-electron chi connectivity index (χ0n) is 18.4. The van der Waals surface area contributed by atoms with E-state index in [0.717, 1.165) is 22.6 Å². The minimum Gasteiger partial charge on any atom is -0.484 e. The van der Waals surface area contributed by atoms with Crippen LogP contribution in [-0.4, -0.2) is 31.6 Å². The lowest BCUT2D eigenvalue weighted by Crippen LogP contribution is -2.42. The normalized spacial score (nSPS) is 10.9. The number of hydrogen-bond acceptors (Lipinski definition) is 3. The molecule has 178 valence electrons. The van der Waals surface area contributed by atoms with Gasteiger partial charge >= 0.3 is 12.2 Å². The highest BCUT2D eigenvalue weighted by Crippen LogP contribution is 2.31. The number of benzene rings is 3. The molecular weight excluding hydrogens is 447 g/mol. The SMILES string of the molecule is Cc1cccc(NC(=O)N(CCNC(=O)COc2ccccc2)c2cccc(C(F)(F)F)c2)c1. The smallest absolute Gasteiger partial charge is 0.416 e. The van der Waals surface area contributed by atoms with Crippen molar-refractivity contribution in [1.82, 2.24) is 5.32 Å². The van der Waals surface area contributed by atoms with Crippen LogP contribution in [0.15, 0.2) is 78.9 Å². The summed E-state index contributed by atoms with van der Waals surface area (Å²) in [6.07, 6.45) is -4.56. The number of carbonyl (C=O) groups excluding carboxylic acids is 2. The number of nitrogens with zero attached hydrogens (tertiary/aromatic N) is 1. The van der Waals surface area contributed by atoms with Crippen LogP contribution in [0.5, 0.6) is 5.75 Å². The first kappa shape index (κ1) is 24.6. The highest BCUT2D eigenvalue weighted by atomic mass is 19.4. The number of anilines is 2. The Morgan fingerprint density at radius 2 is 1.68 bits per heavy atom. The van der Waals surface area contributed by atoms with Crippen LogP contribution in [0.1, 0.15) is 11.1 Å². The van der Waals surface area contributed by atoms with Gasteiger partial charge in [0.05, 0.1) is 5.56 Å². The third-order valence-electron chi connectivity index (χ3n) is 4.77. The summed E-state index contributed by atoms with van der Waals surface area (Å²) in [5.74, 6) is 0.104. The van der Waals surface area contributed by atoms with Crippen molar-refractivity contribution in [2.45, 2.75) is 13.1 Å². The third-order valence-corrected chi connectivity index (χ3v) is 4.77. The summed E-state index contributed by atoms with van der Waals surface area (Å²) in [5.41, 5.74) is 0.588. The van der Waals surface area contributed by atoms with Crippen LogP contribution in [0.2, 0.25) is 0 Å². The number of halogens is 3. The van der Waals surface area contributed by atoms with Crippen LogP contribution < -0.4 is 20.3 Å². The molecule has 0 spiro atoms. The Morgan fingerprint density at radius 1 is 0.941 bits per heavy atom. The van der Waals surface area contributed by atoms with Crippen LogP contribution in [-0.2, 0) is 11.0 Å². The standard InChI is InChI=1S/C25H24F3N3O3/c1-18-7-5-9-20(15-18)30-24(33)31(21-10-6-8-19(16-21)25(26,27)28)14-13-29-23(32)17-34-22-11-3-2-4-12-22/h2-12,15-16H,13-14,17H2,1H3,(H,29,32)(H,30,33). The molecule has 0 aliphatic carbocycles. The molecule has 34 heavy (non-hydrogen) atoms. The number of ether oxygens (including phenoxy) is 1. The summed E-state index contributed by atoms with van der Waals surface area (Å²) in [6, 6.07) is 19.7. The predicted molar refractivity (Wildman–Crippen MR) is 124 cm³/mol. The van der Waals surface area contributed by atoms with Gasteiger partial charge in [-0.05, 0) is 55.0 Å². The van der Waals surface area contributed by atoms with Crippen LogP contribution in [0, 0.1) is 6.92 Å². The van der Waals surface area contributed by atoms with Gasteiger partial charge < -0.3 is 15.4 Å². The molecule has 0 saturated heterocycles. The van der Waals surface area contributed by atoms with E-state index >= 15 is 0 Å². The van der Waals surface area contributed by atoms with Crippen LogP contribution in [0.25, 0.3) is 0 Å². The van der Waals surface area contributed by atoms with Crippen LogP contribution in [0.4, 0.5) is 29.3 Å². The third kappa shape index (κ3) is 7.26. The number of hydrogen-bond donors (Lipinski definition) is 2. The molecule has 0 atom stereocenters. The summed E-state index contributed by atoms with van der Waals surface area (Å²) in [4.78, 5) is 26.2. The number of rotatable bonds is 8. The van der Waals surface area contributed by atoms with E-state index in [9.17, 15) is 22.8 Å². The maximum Gasteiger partial charge on any atom is 0.416 e. The van der Waals surface area contributed by atoms with Gasteiger partial charge in [-0.15, -0.1) is 0 Å². The second kappa shape index (κ2) is 11.2. The second-order valence-corrected chi connectivity index (χ2v) is 7.45. The van der Waals surface area contributed by atoms with E-state index in [4.69, 9.17) is 4.74 Å². The molecule has 0 bridgehead atoms. The molecule has 9 heteroatoms. The summed E-state index contributed by atoms with van der Waals surface area (Å²) in [5, 5.41) is 5.31. The zero-order chi connectivity index (χ0) is 24.6. The number of alkyl halides is 3. The van der Waals surface area contributed by atoms with Gasteiger partial charge in [0.15, 0.2) is 6.61 Å². The number of urea groups is 1. The summed E-state index contributed by atoms with van der Waals surface area (Å²) in [6.45, 7) is 1.57. The Kier molecular flexibility index (Phi) is 8.13. The number of nitrogens with one attached hydrogen (secondary N) is 2. The van der Waals surface area contributed by atoms with E-state index < -0.39 is 23.7 Å². The molecule has 0 aromatic heterocycles. The summed E-state index contributed by atoms with van der Waals surface area (Å²) < 4.78 is 45.0. The van der Waals surface area contributed by atoms with Crippen molar-refractivity contribution in [3.05, 3.63) is 90.0 Å². The Balaban J connectivity index is 1.68. The molecule has 3 aromatic carbocycles. The lowest BCUT2D eigenvalue weighted by Gasteiger charge is -2.24. The van der Waals surface area contributed by atoms with Gasteiger partial charge in [0.25, 0.3) is 5.91 Å². The van der Waals surface area contributed by atoms with Gasteiger partial charge in [-0.25, -0.2) is 4.79 Å². The van der Waals surface area contributed by atoms with Crippen LogP contribution >= 0.6 is 0 Å². The fraction of sp³-hybridized carbons (Fsp3) is 0.200. The van der Waals surface area contributed by atoms with Gasteiger partial charge in [0.2, 0.25) is 0 Å². The van der Waals surface area contributed by atoms with E-state index in [0.29, 0.717) is 11.4 Å². The molecule has 0 heterocycles. The van der Waals surface area contributed by atoms with Crippen molar-refractivity contribution >= 4 is 23.3 Å². The van der Waals surface area contributed by atoms with E-state index in [1.807, 2.05) is 19.1 Å². The van der Waals surface area contributed by atoms with E-state index in [1.165, 1.54) is 12.1 Å². The molecule has 0 saturated carbocycles. The molecule has 3 amide bonds. The Bertz CT molecular complexity index is 1120. The molecule has 3 aromatic rings. The predicted octanol–water partition coefficient (Wildman–Crippen LogP) is 5.25. The Hall–Kier alpha value is -4.01. The van der Waals surface area contributed by atoms with E-state index in [-0.39, 0.29) is 25.4 Å². The molecule has 2 N–H and O–H groups in total. The van der Waals surface area contributed by atoms with Crippen molar-refractivity contribution in [3.63, 3.8) is 0 Å². The average Bonchev–Trinajstić information content (AvgIpc) is 2.80. The Morgan fingerprint density at radius 3 is 2.38 bits per heavy atom. The lowest BCUT2D eigenvalue weighted by atomic mass is 10.2. The molecule has 0 aliphatic heterocycles. The molecule has 3 rings (SSSR count). The molecule has 0 radical (unpaired) electrons. The molecule has 0 unspecified atom stereocenters. The minimum atomic E-state index is -4.56. The van der Waals surface area contributed by atoms with Crippen molar-refractivity contribution in [2.24, 2.45) is 0 Å². The second-order valence-electron chi connectivity index (χ2n) is 7.45. The number of aryl methyl sites for hydroxylation is 1. The van der Waals surface area contributed by atoms with Gasteiger partial charge in [-0.2, -0.15) is 13.2 Å². The first-order chi connectivity index (χ1) is 16.2. The van der Waals surface area contributed by atoms with E-state index in [2.05, 4.69) is 10.6 Å². The Labute approximate surface area is 195 Å². The minimum absolute atomic E-state index is 0.00840. The van der Waals surface area contributed by atoms with Crippen molar-refractivity contribution in [2.75, 3.05) is 29.9 Å². The highest BCUT2D eigenvalue weighted by molar-refractivity contribution is 6.01. The topological polar surface area (TPSA) is 70.7 Å². The quantitative estimate of drug-likeness (QED) is 0.472. The zero-order valence-corrected chi connectivity index (χ0v) is 18.4. The molecule has 0 fully saturated rings. The number of para-hydroxylation sites is 1. The van der Waals surface area contributed by atoms with Crippen LogP contribution in [0.3, 0.4) is 0 Å². The van der Waals surface area contributed by atoms with Crippen molar-refractivity contribution in [3.8, 4) is 5.75 Å². The number of amides is 3. The molecule has 6 nitrogen and oxygen atoms in total.